The minimum absolute atomic E-state index is 0.0235. The predicted molar refractivity (Wildman–Crippen MR) is 79.3 cm³/mol. The fraction of sp³-hybridized carbons (Fsp3) is 0.615. The summed E-state index contributed by atoms with van der Waals surface area (Å²) in [6.07, 6.45) is 3.51. The molecule has 0 saturated carbocycles. The molecule has 7 heteroatoms. The van der Waals surface area contributed by atoms with Crippen LogP contribution in [0.4, 0.5) is 5.69 Å². The molecule has 1 aromatic heterocycles. The summed E-state index contributed by atoms with van der Waals surface area (Å²) in [6.45, 7) is 5.88. The quantitative estimate of drug-likeness (QED) is 0.642. The molecule has 0 aromatic carbocycles. The molecule has 0 aliphatic heterocycles. The molecule has 20 heavy (non-hydrogen) atoms. The van der Waals surface area contributed by atoms with Crippen molar-refractivity contribution in [3.05, 3.63) is 18.3 Å². The molecule has 0 aliphatic carbocycles. The molecule has 6 nitrogen and oxygen atoms in total. The summed E-state index contributed by atoms with van der Waals surface area (Å²) >= 11 is 0. The van der Waals surface area contributed by atoms with Gasteiger partial charge in [0.15, 0.2) is 5.03 Å². The Morgan fingerprint density at radius 2 is 2.10 bits per heavy atom. The van der Waals surface area contributed by atoms with Gasteiger partial charge >= 0.3 is 0 Å². The highest BCUT2D eigenvalue weighted by atomic mass is 32.2. The standard InChI is InChI=1S/C13H23N3O3S/c1-3-5-10-19-11-9-16-20(17,18)13-12(14-4-2)7-6-8-15-13/h6-8,14,16H,3-5,9-11H2,1-2H3. The van der Waals surface area contributed by atoms with Crippen LogP contribution in [-0.2, 0) is 14.8 Å². The second-order valence-electron chi connectivity index (χ2n) is 4.25. The van der Waals surface area contributed by atoms with Gasteiger partial charge in [-0.15, -0.1) is 0 Å². The average molecular weight is 301 g/mol. The first-order valence-corrected chi connectivity index (χ1v) is 8.36. The second kappa shape index (κ2) is 8.89. The zero-order valence-corrected chi connectivity index (χ0v) is 12.9. The third kappa shape index (κ3) is 5.44. The number of hydrogen-bond donors (Lipinski definition) is 2. The highest BCUT2D eigenvalue weighted by molar-refractivity contribution is 7.89. The summed E-state index contributed by atoms with van der Waals surface area (Å²) in [6, 6.07) is 3.40. The van der Waals surface area contributed by atoms with Crippen LogP contribution in [0.1, 0.15) is 26.7 Å². The van der Waals surface area contributed by atoms with Crippen molar-refractivity contribution >= 4 is 15.7 Å². The number of aromatic nitrogens is 1. The minimum atomic E-state index is -3.61. The van der Waals surface area contributed by atoms with Gasteiger partial charge in [0.2, 0.25) is 0 Å². The largest absolute Gasteiger partial charge is 0.383 e. The van der Waals surface area contributed by atoms with Crippen molar-refractivity contribution in [2.45, 2.75) is 31.7 Å². The predicted octanol–water partition coefficient (Wildman–Crippen LogP) is 1.61. The number of hydrogen-bond acceptors (Lipinski definition) is 5. The molecule has 0 atom stereocenters. The lowest BCUT2D eigenvalue weighted by molar-refractivity contribution is 0.136. The van der Waals surface area contributed by atoms with Crippen molar-refractivity contribution in [2.75, 3.05) is 31.6 Å². The van der Waals surface area contributed by atoms with E-state index < -0.39 is 10.0 Å². The third-order valence-electron chi connectivity index (χ3n) is 2.57. The van der Waals surface area contributed by atoms with Gasteiger partial charge in [0.1, 0.15) is 0 Å². The summed E-state index contributed by atoms with van der Waals surface area (Å²) < 4.78 is 32.1. The van der Waals surface area contributed by atoms with E-state index in [0.717, 1.165) is 12.8 Å². The van der Waals surface area contributed by atoms with Crippen molar-refractivity contribution in [1.82, 2.24) is 9.71 Å². The maximum atomic E-state index is 12.1. The van der Waals surface area contributed by atoms with E-state index in [1.807, 2.05) is 6.92 Å². The fourth-order valence-corrected chi connectivity index (χ4v) is 2.71. The number of pyridine rings is 1. The number of unbranched alkanes of at least 4 members (excludes halogenated alkanes) is 1. The van der Waals surface area contributed by atoms with Gasteiger partial charge in [-0.1, -0.05) is 13.3 Å². The van der Waals surface area contributed by atoms with E-state index in [9.17, 15) is 8.42 Å². The van der Waals surface area contributed by atoms with Crippen molar-refractivity contribution in [1.29, 1.82) is 0 Å². The van der Waals surface area contributed by atoms with E-state index in [-0.39, 0.29) is 11.6 Å². The van der Waals surface area contributed by atoms with Crippen molar-refractivity contribution in [3.63, 3.8) is 0 Å². The summed E-state index contributed by atoms with van der Waals surface area (Å²) in [5.74, 6) is 0. The molecule has 1 rings (SSSR count). The van der Waals surface area contributed by atoms with Crippen LogP contribution in [0.5, 0.6) is 0 Å². The van der Waals surface area contributed by atoms with Crippen LogP contribution >= 0.6 is 0 Å². The van der Waals surface area contributed by atoms with Crippen molar-refractivity contribution in [3.8, 4) is 0 Å². The van der Waals surface area contributed by atoms with Gasteiger partial charge in [-0.25, -0.2) is 18.1 Å². The number of nitrogens with zero attached hydrogens (tertiary/aromatic N) is 1. The SMILES string of the molecule is CCCCOCCNS(=O)(=O)c1ncccc1NCC. The van der Waals surface area contributed by atoms with Crippen LogP contribution in [0.25, 0.3) is 0 Å². The Kier molecular flexibility index (Phi) is 7.50. The minimum Gasteiger partial charge on any atom is -0.383 e. The molecule has 114 valence electrons. The van der Waals surface area contributed by atoms with Crippen molar-refractivity contribution < 1.29 is 13.2 Å². The Bertz CT molecular complexity index is 491. The number of ether oxygens (including phenoxy) is 1. The number of nitrogens with one attached hydrogen (secondary N) is 2. The normalized spacial score (nSPS) is 11.5. The third-order valence-corrected chi connectivity index (χ3v) is 3.99. The molecule has 0 aliphatic rings. The molecular weight excluding hydrogens is 278 g/mol. The summed E-state index contributed by atoms with van der Waals surface area (Å²) in [5, 5.41) is 3.01. The maximum Gasteiger partial charge on any atom is 0.260 e. The number of sulfonamides is 1. The van der Waals surface area contributed by atoms with Gasteiger partial charge in [0.25, 0.3) is 10.0 Å². The van der Waals surface area contributed by atoms with Gasteiger partial charge in [0, 0.05) is 25.9 Å². The van der Waals surface area contributed by atoms with E-state index in [1.165, 1.54) is 6.20 Å². The molecule has 1 heterocycles. The van der Waals surface area contributed by atoms with E-state index in [4.69, 9.17) is 4.74 Å². The van der Waals surface area contributed by atoms with Gasteiger partial charge in [0.05, 0.1) is 12.3 Å². The molecule has 0 amide bonds. The lowest BCUT2D eigenvalue weighted by atomic mass is 10.4. The zero-order chi connectivity index (χ0) is 14.8. The first-order chi connectivity index (χ1) is 9.61. The first kappa shape index (κ1) is 16.9. The fourth-order valence-electron chi connectivity index (χ4n) is 1.59. The molecule has 2 N–H and O–H groups in total. The lowest BCUT2D eigenvalue weighted by Gasteiger charge is -2.11. The van der Waals surface area contributed by atoms with E-state index in [1.54, 1.807) is 12.1 Å². The highest BCUT2D eigenvalue weighted by Gasteiger charge is 2.19. The second-order valence-corrected chi connectivity index (χ2v) is 5.93. The molecular formula is C13H23N3O3S. The first-order valence-electron chi connectivity index (χ1n) is 6.88. The molecule has 0 unspecified atom stereocenters. The van der Waals surface area contributed by atoms with Crippen LogP contribution in [0.3, 0.4) is 0 Å². The lowest BCUT2D eigenvalue weighted by Crippen LogP contribution is -2.29. The summed E-state index contributed by atoms with van der Waals surface area (Å²) in [5.41, 5.74) is 0.509. The smallest absolute Gasteiger partial charge is 0.260 e. The Hall–Kier alpha value is -1.18. The summed E-state index contributed by atoms with van der Waals surface area (Å²) in [4.78, 5) is 3.94. The van der Waals surface area contributed by atoms with Crippen LogP contribution in [0.2, 0.25) is 0 Å². The Labute approximate surface area is 121 Å². The average Bonchev–Trinajstić information content (AvgIpc) is 2.43. The molecule has 0 radical (unpaired) electrons. The molecule has 0 fully saturated rings. The highest BCUT2D eigenvalue weighted by Crippen LogP contribution is 2.17. The Balaban J connectivity index is 2.56. The topological polar surface area (TPSA) is 80.3 Å². The van der Waals surface area contributed by atoms with Gasteiger partial charge in [-0.2, -0.15) is 0 Å². The van der Waals surface area contributed by atoms with Crippen LogP contribution in [0.15, 0.2) is 23.4 Å². The summed E-state index contributed by atoms with van der Waals surface area (Å²) in [7, 11) is -3.61. The molecule has 1 aromatic rings. The van der Waals surface area contributed by atoms with Crippen LogP contribution in [-0.4, -0.2) is 39.7 Å². The molecule has 0 bridgehead atoms. The Morgan fingerprint density at radius 1 is 1.30 bits per heavy atom. The van der Waals surface area contributed by atoms with E-state index >= 15 is 0 Å². The number of rotatable bonds is 10. The number of anilines is 1. The zero-order valence-electron chi connectivity index (χ0n) is 12.1. The van der Waals surface area contributed by atoms with Crippen molar-refractivity contribution in [2.24, 2.45) is 0 Å². The maximum absolute atomic E-state index is 12.1. The van der Waals surface area contributed by atoms with Crippen LogP contribution < -0.4 is 10.0 Å². The van der Waals surface area contributed by atoms with Crippen LogP contribution in [0, 0.1) is 0 Å². The monoisotopic (exact) mass is 301 g/mol. The van der Waals surface area contributed by atoms with E-state index in [0.29, 0.717) is 25.4 Å². The molecule has 0 spiro atoms. The van der Waals surface area contributed by atoms with Gasteiger partial charge < -0.3 is 10.1 Å². The van der Waals surface area contributed by atoms with Gasteiger partial charge in [-0.05, 0) is 25.5 Å². The Morgan fingerprint density at radius 3 is 2.80 bits per heavy atom. The van der Waals surface area contributed by atoms with E-state index in [2.05, 4.69) is 21.9 Å². The molecule has 0 saturated heterocycles. The van der Waals surface area contributed by atoms with Gasteiger partial charge in [-0.3, -0.25) is 0 Å².